The van der Waals surface area contributed by atoms with E-state index in [1.54, 1.807) is 0 Å². The van der Waals surface area contributed by atoms with Crippen molar-refractivity contribution in [2.24, 2.45) is 5.92 Å². The molecule has 1 N–H and O–H groups in total. The Bertz CT molecular complexity index is 106. The van der Waals surface area contributed by atoms with Gasteiger partial charge in [-0.1, -0.05) is 33.6 Å². The number of hydrogen-bond donors (Lipinski definition) is 1. The highest BCUT2D eigenvalue weighted by molar-refractivity contribution is 4.55. The first-order valence-corrected chi connectivity index (χ1v) is 5.76. The van der Waals surface area contributed by atoms with Gasteiger partial charge >= 0.3 is 0 Å². The van der Waals surface area contributed by atoms with Gasteiger partial charge in [-0.05, 0) is 19.3 Å². The predicted molar refractivity (Wildman–Crippen MR) is 57.7 cm³/mol. The summed E-state index contributed by atoms with van der Waals surface area (Å²) >= 11 is 0. The molecule has 0 aromatic carbocycles. The van der Waals surface area contributed by atoms with Crippen LogP contribution in [0.2, 0.25) is 0 Å². The van der Waals surface area contributed by atoms with E-state index >= 15 is 0 Å². The maximum absolute atomic E-state index is 11.4. The summed E-state index contributed by atoms with van der Waals surface area (Å²) in [5.74, 6) is 0.652. The van der Waals surface area contributed by atoms with Gasteiger partial charge in [0, 0.05) is 5.92 Å². The van der Waals surface area contributed by atoms with Gasteiger partial charge in [0.15, 0.2) is 0 Å². The molecule has 0 fully saturated rings. The van der Waals surface area contributed by atoms with Crippen LogP contribution in [0.25, 0.3) is 0 Å². The highest BCUT2D eigenvalue weighted by Gasteiger charge is 2.09. The summed E-state index contributed by atoms with van der Waals surface area (Å²) in [6.07, 6.45) is 5.93. The zero-order valence-corrected chi connectivity index (χ0v) is 9.44. The Morgan fingerprint density at radius 1 is 1.15 bits per heavy atom. The van der Waals surface area contributed by atoms with Crippen LogP contribution in [0.15, 0.2) is 0 Å². The molecule has 0 bridgehead atoms. The largest absolute Gasteiger partial charge is 0.634 e. The first-order valence-electron chi connectivity index (χ1n) is 5.76. The van der Waals surface area contributed by atoms with E-state index in [2.05, 4.69) is 20.8 Å². The van der Waals surface area contributed by atoms with Gasteiger partial charge in [0.05, 0.1) is 13.1 Å². The second-order valence-electron chi connectivity index (χ2n) is 3.91. The van der Waals surface area contributed by atoms with Crippen LogP contribution in [0.3, 0.4) is 0 Å². The van der Waals surface area contributed by atoms with E-state index in [1.165, 1.54) is 19.3 Å². The lowest BCUT2D eigenvalue weighted by Gasteiger charge is -2.26. The summed E-state index contributed by atoms with van der Waals surface area (Å²) in [7, 11) is 0. The van der Waals surface area contributed by atoms with Crippen molar-refractivity contribution in [1.29, 1.82) is 0 Å². The topological polar surface area (TPSA) is 27.5 Å². The van der Waals surface area contributed by atoms with E-state index in [0.29, 0.717) is 11.0 Å². The van der Waals surface area contributed by atoms with Crippen molar-refractivity contribution in [3.8, 4) is 0 Å². The van der Waals surface area contributed by atoms with Crippen LogP contribution in [0.1, 0.15) is 52.9 Å². The third kappa shape index (κ3) is 7.03. The van der Waals surface area contributed by atoms with Crippen molar-refractivity contribution in [3.63, 3.8) is 0 Å². The zero-order valence-electron chi connectivity index (χ0n) is 9.44. The average Bonchev–Trinajstić information content (AvgIpc) is 2.12. The summed E-state index contributed by atoms with van der Waals surface area (Å²) in [5, 5.41) is 11.8. The van der Waals surface area contributed by atoms with Gasteiger partial charge in [-0.3, -0.25) is 0 Å². The van der Waals surface area contributed by atoms with E-state index in [9.17, 15) is 5.21 Å². The number of quaternary nitrogens is 1. The van der Waals surface area contributed by atoms with Crippen LogP contribution in [0.5, 0.6) is 0 Å². The fourth-order valence-corrected chi connectivity index (χ4v) is 1.65. The summed E-state index contributed by atoms with van der Waals surface area (Å²) in [4.78, 5) is 0. The average molecular weight is 187 g/mol. The minimum Gasteiger partial charge on any atom is -0.634 e. The molecular weight excluding hydrogens is 162 g/mol. The molecular formula is C11H25NO. The van der Waals surface area contributed by atoms with Gasteiger partial charge in [-0.25, -0.2) is 0 Å². The number of rotatable bonds is 8. The van der Waals surface area contributed by atoms with E-state index in [4.69, 9.17) is 0 Å². The fraction of sp³-hybridized carbons (Fsp3) is 1.00. The van der Waals surface area contributed by atoms with Crippen molar-refractivity contribution < 1.29 is 5.06 Å². The minimum atomic E-state index is 0.463. The van der Waals surface area contributed by atoms with Crippen molar-refractivity contribution in [2.75, 3.05) is 13.1 Å². The van der Waals surface area contributed by atoms with E-state index < -0.39 is 0 Å². The maximum atomic E-state index is 11.4. The molecule has 2 unspecified atom stereocenters. The van der Waals surface area contributed by atoms with Gasteiger partial charge in [0.25, 0.3) is 0 Å². The lowest BCUT2D eigenvalue weighted by atomic mass is 9.99. The van der Waals surface area contributed by atoms with Crippen LogP contribution in [-0.2, 0) is 0 Å². The van der Waals surface area contributed by atoms with Gasteiger partial charge in [-0.2, -0.15) is 0 Å². The van der Waals surface area contributed by atoms with Gasteiger partial charge in [0.2, 0.25) is 0 Å². The summed E-state index contributed by atoms with van der Waals surface area (Å²) in [5.41, 5.74) is 0. The fourth-order valence-electron chi connectivity index (χ4n) is 1.65. The molecule has 0 heterocycles. The zero-order chi connectivity index (χ0) is 10.1. The maximum Gasteiger partial charge on any atom is 0.0796 e. The Kier molecular flexibility index (Phi) is 8.46. The van der Waals surface area contributed by atoms with Gasteiger partial charge < -0.3 is 10.3 Å². The van der Waals surface area contributed by atoms with E-state index in [1.807, 2.05) is 0 Å². The van der Waals surface area contributed by atoms with Crippen molar-refractivity contribution in [1.82, 2.24) is 0 Å². The molecule has 0 amide bonds. The van der Waals surface area contributed by atoms with E-state index in [-0.39, 0.29) is 0 Å². The Morgan fingerprint density at radius 3 is 2.31 bits per heavy atom. The van der Waals surface area contributed by atoms with Crippen LogP contribution in [0, 0.1) is 11.1 Å². The number of hydroxylamine groups is 2. The van der Waals surface area contributed by atoms with Crippen LogP contribution >= 0.6 is 0 Å². The molecule has 0 radical (unpaired) electrons. The van der Waals surface area contributed by atoms with Crippen molar-refractivity contribution >= 4 is 0 Å². The molecule has 0 rings (SSSR count). The molecule has 0 saturated carbocycles. The SMILES string of the molecule is CCCCC(CC)C[NH+]([O-])CCC. The molecule has 0 aromatic rings. The standard InChI is InChI=1S/C11H25NO/c1-4-7-8-11(6-3)10-12(13)9-5-2/h11-12H,4-10H2,1-3H3. The second-order valence-corrected chi connectivity index (χ2v) is 3.91. The highest BCUT2D eigenvalue weighted by atomic mass is 16.5. The third-order valence-corrected chi connectivity index (χ3v) is 2.59. The Labute approximate surface area is 82.9 Å². The highest BCUT2D eigenvalue weighted by Crippen LogP contribution is 2.09. The lowest BCUT2D eigenvalue weighted by molar-refractivity contribution is -0.852. The molecule has 0 aromatic heterocycles. The molecule has 0 aliphatic rings. The first kappa shape index (κ1) is 12.9. The minimum absolute atomic E-state index is 0.463. The summed E-state index contributed by atoms with van der Waals surface area (Å²) in [6, 6.07) is 0. The van der Waals surface area contributed by atoms with Crippen LogP contribution < -0.4 is 5.06 Å². The smallest absolute Gasteiger partial charge is 0.0796 e. The summed E-state index contributed by atoms with van der Waals surface area (Å²) in [6.45, 7) is 8.08. The number of hydrogen-bond acceptors (Lipinski definition) is 1. The Morgan fingerprint density at radius 2 is 1.85 bits per heavy atom. The number of unbranched alkanes of at least 4 members (excludes halogenated alkanes) is 1. The molecule has 2 heteroatoms. The number of nitrogens with one attached hydrogen (secondary N) is 1. The van der Waals surface area contributed by atoms with Crippen molar-refractivity contribution in [3.05, 3.63) is 5.21 Å². The van der Waals surface area contributed by atoms with Crippen LogP contribution in [0.4, 0.5) is 0 Å². The van der Waals surface area contributed by atoms with Crippen molar-refractivity contribution in [2.45, 2.75) is 52.9 Å². The molecule has 0 aliphatic carbocycles. The van der Waals surface area contributed by atoms with Gasteiger partial charge in [0.1, 0.15) is 0 Å². The first-order chi connectivity index (χ1) is 6.24. The van der Waals surface area contributed by atoms with Gasteiger partial charge in [-0.15, -0.1) is 0 Å². The Hall–Kier alpha value is -0.0800. The molecule has 0 spiro atoms. The third-order valence-electron chi connectivity index (χ3n) is 2.59. The van der Waals surface area contributed by atoms with Crippen LogP contribution in [-0.4, -0.2) is 13.1 Å². The summed E-state index contributed by atoms with van der Waals surface area (Å²) < 4.78 is 0. The molecule has 13 heavy (non-hydrogen) atoms. The van der Waals surface area contributed by atoms with E-state index in [0.717, 1.165) is 25.9 Å². The Balaban J connectivity index is 3.56. The molecule has 80 valence electrons. The molecule has 0 saturated heterocycles. The second kappa shape index (κ2) is 8.52. The normalized spacial score (nSPS) is 15.7. The quantitative estimate of drug-likeness (QED) is 0.578. The monoisotopic (exact) mass is 187 g/mol. The predicted octanol–water partition coefficient (Wildman–Crippen LogP) is 2.00. The molecule has 0 aliphatic heterocycles. The molecule has 2 atom stereocenters. The lowest BCUT2D eigenvalue weighted by Crippen LogP contribution is -3.07. The molecule has 2 nitrogen and oxygen atoms in total.